The Labute approximate surface area is 90.4 Å². The Morgan fingerprint density at radius 1 is 1.38 bits per heavy atom. The standard InChI is InChI=1S/C8H5N2O2.Ag/c9-6-8(10(11)12)7-4-2-1-3-5-7;/h1-5H;/q-1;+1. The van der Waals surface area contributed by atoms with Gasteiger partial charge in [0.2, 0.25) is 0 Å². The van der Waals surface area contributed by atoms with Crippen LogP contribution >= 0.6 is 0 Å². The van der Waals surface area contributed by atoms with E-state index in [2.05, 4.69) is 0 Å². The number of hydrogen-bond donors (Lipinski definition) is 0. The maximum atomic E-state index is 10.3. The molecule has 0 spiro atoms. The fraction of sp³-hybridized carbons (Fsp3) is 0. The maximum Gasteiger partial charge on any atom is 1.00 e. The summed E-state index contributed by atoms with van der Waals surface area (Å²) in [5.74, 6) is 1.54. The van der Waals surface area contributed by atoms with Gasteiger partial charge < -0.3 is 5.41 Å². The van der Waals surface area contributed by atoms with Gasteiger partial charge in [0.25, 0.3) is 5.70 Å². The van der Waals surface area contributed by atoms with Crippen molar-refractivity contribution < 1.29 is 27.3 Å². The molecule has 1 rings (SSSR count). The van der Waals surface area contributed by atoms with Crippen LogP contribution in [0.5, 0.6) is 0 Å². The second kappa shape index (κ2) is 5.45. The zero-order valence-electron chi connectivity index (χ0n) is 6.40. The third-order valence-corrected chi connectivity index (χ3v) is 1.34. The van der Waals surface area contributed by atoms with Gasteiger partial charge in [-0.05, 0) is 12.1 Å². The average molecular weight is 269 g/mol. The summed E-state index contributed by atoms with van der Waals surface area (Å²) in [5.41, 5.74) is -0.0828. The topological polar surface area (TPSA) is 65.4 Å². The average Bonchev–Trinajstić information content (AvgIpc) is 2.07. The van der Waals surface area contributed by atoms with Crippen LogP contribution in [0.3, 0.4) is 0 Å². The van der Waals surface area contributed by atoms with Gasteiger partial charge in [-0.1, -0.05) is 18.2 Å². The predicted octanol–water partition coefficient (Wildman–Crippen LogP) is 1.54. The minimum atomic E-state index is -0.685. The zero-order chi connectivity index (χ0) is 8.97. The van der Waals surface area contributed by atoms with Gasteiger partial charge in [0.1, 0.15) is 0 Å². The van der Waals surface area contributed by atoms with Crippen molar-refractivity contribution in [2.75, 3.05) is 0 Å². The summed E-state index contributed by atoms with van der Waals surface area (Å²) in [4.78, 5) is 9.59. The monoisotopic (exact) mass is 268 g/mol. The van der Waals surface area contributed by atoms with Crippen molar-refractivity contribution in [3.63, 3.8) is 0 Å². The van der Waals surface area contributed by atoms with E-state index in [1.165, 1.54) is 18.0 Å². The molecule has 0 aromatic heterocycles. The van der Waals surface area contributed by atoms with Gasteiger partial charge in [-0.25, -0.2) is 0 Å². The third-order valence-electron chi connectivity index (χ3n) is 1.34. The van der Waals surface area contributed by atoms with E-state index >= 15 is 0 Å². The summed E-state index contributed by atoms with van der Waals surface area (Å²) in [7, 11) is 0. The molecular formula is C8H5AgN2O2. The van der Waals surface area contributed by atoms with E-state index in [1.807, 2.05) is 0 Å². The molecule has 0 saturated heterocycles. The number of nitrogens with zero attached hydrogens (tertiary/aromatic N) is 2. The molecule has 0 saturated carbocycles. The summed E-state index contributed by atoms with van der Waals surface area (Å²) >= 11 is 0. The van der Waals surface area contributed by atoms with Gasteiger partial charge in [-0.15, -0.1) is 0 Å². The molecule has 0 bridgehead atoms. The van der Waals surface area contributed by atoms with Gasteiger partial charge in [-0.3, -0.25) is 10.1 Å². The van der Waals surface area contributed by atoms with Gasteiger partial charge in [0.15, 0.2) is 0 Å². The van der Waals surface area contributed by atoms with E-state index in [1.54, 1.807) is 18.2 Å². The molecule has 0 radical (unpaired) electrons. The molecule has 0 fully saturated rings. The van der Waals surface area contributed by atoms with Crippen LogP contribution in [0.15, 0.2) is 30.3 Å². The number of hydrogen-bond acceptors (Lipinski definition) is 2. The second-order valence-electron chi connectivity index (χ2n) is 2.08. The van der Waals surface area contributed by atoms with Crippen LogP contribution in [-0.2, 0) is 22.4 Å². The summed E-state index contributed by atoms with van der Waals surface area (Å²) in [6, 6.07) is 8.09. The Morgan fingerprint density at radius 3 is 2.31 bits per heavy atom. The minimum Gasteiger partial charge on any atom is -0.757 e. The Bertz CT molecular complexity index is 344. The van der Waals surface area contributed by atoms with Gasteiger partial charge in [0.05, 0.1) is 10.5 Å². The van der Waals surface area contributed by atoms with Crippen molar-refractivity contribution in [3.8, 4) is 0 Å². The molecule has 0 aliphatic carbocycles. The number of benzene rings is 1. The maximum absolute atomic E-state index is 10.3. The first-order valence-electron chi connectivity index (χ1n) is 3.22. The van der Waals surface area contributed by atoms with Crippen molar-refractivity contribution in [1.29, 1.82) is 0 Å². The fourth-order valence-electron chi connectivity index (χ4n) is 0.807. The summed E-state index contributed by atoms with van der Waals surface area (Å²) in [6.45, 7) is 0. The molecule has 0 N–H and O–H groups in total. The largest absolute Gasteiger partial charge is 1.00 e. The van der Waals surface area contributed by atoms with E-state index in [9.17, 15) is 10.1 Å². The van der Waals surface area contributed by atoms with Gasteiger partial charge >= 0.3 is 22.4 Å². The molecule has 0 amide bonds. The van der Waals surface area contributed by atoms with Crippen molar-refractivity contribution in [1.82, 2.24) is 0 Å². The minimum absolute atomic E-state index is 0. The molecule has 0 heterocycles. The van der Waals surface area contributed by atoms with E-state index in [4.69, 9.17) is 5.41 Å². The van der Waals surface area contributed by atoms with E-state index in [-0.39, 0.29) is 22.4 Å². The van der Waals surface area contributed by atoms with Crippen molar-refractivity contribution in [2.24, 2.45) is 0 Å². The molecule has 13 heavy (non-hydrogen) atoms. The first kappa shape index (κ1) is 11.8. The predicted molar refractivity (Wildman–Crippen MR) is 45.2 cm³/mol. The first-order chi connectivity index (χ1) is 5.75. The molecule has 4 nitrogen and oxygen atoms in total. The van der Waals surface area contributed by atoms with Crippen LogP contribution in [0.2, 0.25) is 0 Å². The third kappa shape index (κ3) is 2.97. The quantitative estimate of drug-likeness (QED) is 0.354. The van der Waals surface area contributed by atoms with Crippen LogP contribution < -0.4 is 0 Å². The summed E-state index contributed by atoms with van der Waals surface area (Å²) in [6.07, 6.45) is 0. The molecule has 70 valence electrons. The van der Waals surface area contributed by atoms with Crippen LogP contribution in [0.4, 0.5) is 0 Å². The van der Waals surface area contributed by atoms with Crippen LogP contribution in [0, 0.1) is 10.1 Å². The molecule has 0 atom stereocenters. The normalized spacial score (nSPS) is 8.00. The molecule has 0 unspecified atom stereocenters. The number of nitro groups is 1. The van der Waals surface area contributed by atoms with Gasteiger partial charge in [0, 0.05) is 0 Å². The molecule has 1 aromatic carbocycles. The summed E-state index contributed by atoms with van der Waals surface area (Å²) < 4.78 is 0. The Balaban J connectivity index is 0.00000144. The van der Waals surface area contributed by atoms with E-state index in [0.717, 1.165) is 0 Å². The zero-order valence-corrected chi connectivity index (χ0v) is 7.88. The van der Waals surface area contributed by atoms with Crippen molar-refractivity contribution in [3.05, 3.63) is 51.4 Å². The number of rotatable bonds is 2. The first-order valence-corrected chi connectivity index (χ1v) is 3.22. The molecule has 0 aliphatic rings. The van der Waals surface area contributed by atoms with Crippen molar-refractivity contribution >= 4 is 11.6 Å². The van der Waals surface area contributed by atoms with Crippen LogP contribution in [0.25, 0.3) is 11.1 Å². The second-order valence-corrected chi connectivity index (χ2v) is 2.08. The Hall–Kier alpha value is -1.19. The molecule has 1 aromatic rings. The Morgan fingerprint density at radius 2 is 1.92 bits per heavy atom. The fourth-order valence-corrected chi connectivity index (χ4v) is 0.807. The van der Waals surface area contributed by atoms with Crippen molar-refractivity contribution in [2.45, 2.75) is 0 Å². The SMILES string of the molecule is [Ag+].[N-]=C=C(c1ccccc1)[N+](=O)[O-]. The van der Waals surface area contributed by atoms with Crippen LogP contribution in [0.1, 0.15) is 5.56 Å². The summed E-state index contributed by atoms with van der Waals surface area (Å²) in [5, 5.41) is 18.7. The Kier molecular flexibility index (Phi) is 4.96. The van der Waals surface area contributed by atoms with E-state index in [0.29, 0.717) is 5.56 Å². The smallest absolute Gasteiger partial charge is 0.757 e. The van der Waals surface area contributed by atoms with Gasteiger partial charge in [-0.2, -0.15) is 5.87 Å². The van der Waals surface area contributed by atoms with Crippen LogP contribution in [-0.4, -0.2) is 10.8 Å². The molecular weight excluding hydrogens is 264 g/mol. The van der Waals surface area contributed by atoms with E-state index < -0.39 is 10.6 Å². The molecule has 5 heteroatoms. The molecule has 0 aliphatic heterocycles.